The molecule has 2 saturated carbocycles. The van der Waals surface area contributed by atoms with Crippen molar-refractivity contribution >= 4 is 23.2 Å². The van der Waals surface area contributed by atoms with Crippen molar-refractivity contribution in [2.45, 2.75) is 57.4 Å². The summed E-state index contributed by atoms with van der Waals surface area (Å²) in [5.41, 5.74) is 4.76. The zero-order chi connectivity index (χ0) is 26.1. The summed E-state index contributed by atoms with van der Waals surface area (Å²) in [4.78, 5) is 36.6. The number of nitrogens with zero attached hydrogens (tertiary/aromatic N) is 5. The number of piperazine rings is 1. The van der Waals surface area contributed by atoms with E-state index in [9.17, 15) is 14.9 Å². The van der Waals surface area contributed by atoms with Crippen molar-refractivity contribution in [1.29, 1.82) is 5.26 Å². The first-order chi connectivity index (χ1) is 18.0. The van der Waals surface area contributed by atoms with Crippen LogP contribution in [-0.4, -0.2) is 79.1 Å². The third kappa shape index (κ3) is 5.15. The van der Waals surface area contributed by atoms with E-state index >= 15 is 0 Å². The molecule has 37 heavy (non-hydrogen) atoms. The number of aromatic nitrogens is 1. The van der Waals surface area contributed by atoms with E-state index in [0.29, 0.717) is 63.2 Å². The predicted octanol–water partition coefficient (Wildman–Crippen LogP) is 3.40. The van der Waals surface area contributed by atoms with Crippen LogP contribution in [0, 0.1) is 24.2 Å². The van der Waals surface area contributed by atoms with Crippen molar-refractivity contribution in [3.8, 4) is 6.07 Å². The molecule has 2 aliphatic carbocycles. The molecule has 196 valence electrons. The van der Waals surface area contributed by atoms with E-state index in [4.69, 9.17) is 9.72 Å². The molecule has 5 rings (SSSR count). The Morgan fingerprint density at radius 2 is 2.03 bits per heavy atom. The Labute approximate surface area is 219 Å². The molecule has 1 aromatic rings. The second-order valence-corrected chi connectivity index (χ2v) is 10.7. The second kappa shape index (κ2) is 10.7. The highest BCUT2D eigenvalue weighted by Gasteiger charge is 2.42. The van der Waals surface area contributed by atoms with Gasteiger partial charge in [-0.15, -0.1) is 0 Å². The number of methoxy groups -OCH3 is 1. The second-order valence-electron chi connectivity index (χ2n) is 10.7. The van der Waals surface area contributed by atoms with Crippen molar-refractivity contribution in [2.24, 2.45) is 5.92 Å². The van der Waals surface area contributed by atoms with Gasteiger partial charge in [0.15, 0.2) is 0 Å². The average molecular weight is 504 g/mol. The van der Waals surface area contributed by atoms with E-state index in [1.165, 1.54) is 6.08 Å². The minimum Gasteiger partial charge on any atom is -0.384 e. The van der Waals surface area contributed by atoms with Crippen LogP contribution in [0.1, 0.15) is 66.8 Å². The molecular weight excluding hydrogens is 466 g/mol. The molecule has 0 spiro atoms. The molecule has 2 aliphatic heterocycles. The largest absolute Gasteiger partial charge is 0.384 e. The first kappa shape index (κ1) is 25.5. The highest BCUT2D eigenvalue weighted by Crippen LogP contribution is 2.46. The first-order valence-corrected chi connectivity index (χ1v) is 13.6. The molecule has 0 radical (unpaired) electrons. The van der Waals surface area contributed by atoms with E-state index in [2.05, 4.69) is 23.6 Å². The van der Waals surface area contributed by atoms with Crippen molar-refractivity contribution in [1.82, 2.24) is 14.8 Å². The van der Waals surface area contributed by atoms with Gasteiger partial charge in [-0.2, -0.15) is 5.26 Å². The third-order valence-electron chi connectivity index (χ3n) is 8.22. The molecule has 0 unspecified atom stereocenters. The summed E-state index contributed by atoms with van der Waals surface area (Å²) in [6.45, 7) is 9.32. The summed E-state index contributed by atoms with van der Waals surface area (Å²) in [5.74, 6) is 1.76. The van der Waals surface area contributed by atoms with Crippen LogP contribution in [-0.2, 0) is 14.3 Å². The number of nitriles is 1. The smallest absolute Gasteiger partial charge is 0.246 e. The van der Waals surface area contributed by atoms with Gasteiger partial charge < -0.3 is 19.4 Å². The van der Waals surface area contributed by atoms with Gasteiger partial charge in [-0.25, -0.2) is 4.98 Å². The van der Waals surface area contributed by atoms with Gasteiger partial charge in [0.25, 0.3) is 0 Å². The van der Waals surface area contributed by atoms with Crippen molar-refractivity contribution < 1.29 is 14.3 Å². The van der Waals surface area contributed by atoms with Crippen LogP contribution in [0.4, 0.5) is 5.82 Å². The Morgan fingerprint density at radius 3 is 2.68 bits per heavy atom. The molecular formula is C29H37N5O3. The maximum atomic E-state index is 12.9. The zero-order valence-electron chi connectivity index (χ0n) is 22.0. The maximum Gasteiger partial charge on any atom is 0.246 e. The van der Waals surface area contributed by atoms with Gasteiger partial charge in [-0.1, -0.05) is 12.7 Å². The highest BCUT2D eigenvalue weighted by molar-refractivity contribution is 5.89. The van der Waals surface area contributed by atoms with Gasteiger partial charge in [0.2, 0.25) is 11.8 Å². The first-order valence-electron chi connectivity index (χ1n) is 13.6. The fourth-order valence-electron chi connectivity index (χ4n) is 5.90. The Bertz CT molecular complexity index is 1160. The molecule has 3 fully saturated rings. The van der Waals surface area contributed by atoms with Crippen LogP contribution < -0.4 is 4.90 Å². The lowest BCUT2D eigenvalue weighted by Gasteiger charge is -2.43. The summed E-state index contributed by atoms with van der Waals surface area (Å²) in [5, 5.41) is 10.3. The molecule has 0 N–H and O–H groups in total. The minimum absolute atomic E-state index is 0.0645. The summed E-state index contributed by atoms with van der Waals surface area (Å²) in [6.07, 6.45) is 9.24. The number of rotatable bonds is 8. The molecule has 8 heteroatoms. The van der Waals surface area contributed by atoms with Crippen LogP contribution >= 0.6 is 0 Å². The number of hydrogen-bond acceptors (Lipinski definition) is 6. The van der Waals surface area contributed by atoms with Crippen LogP contribution in [0.25, 0.3) is 5.57 Å². The Balaban J connectivity index is 1.47. The van der Waals surface area contributed by atoms with Gasteiger partial charge in [-0.05, 0) is 62.2 Å². The number of anilines is 1. The normalized spacial score (nSPS) is 21.9. The molecule has 1 atom stereocenters. The monoisotopic (exact) mass is 503 g/mol. The number of carbonyl (C=O) groups excluding carboxylic acids is 2. The van der Waals surface area contributed by atoms with E-state index in [-0.39, 0.29) is 17.9 Å². The molecule has 1 saturated heterocycles. The lowest BCUT2D eigenvalue weighted by atomic mass is 9.90. The lowest BCUT2D eigenvalue weighted by Crippen LogP contribution is -2.56. The van der Waals surface area contributed by atoms with E-state index in [1.54, 1.807) is 7.11 Å². The van der Waals surface area contributed by atoms with E-state index < -0.39 is 0 Å². The Morgan fingerprint density at radius 1 is 1.24 bits per heavy atom. The summed E-state index contributed by atoms with van der Waals surface area (Å²) in [7, 11) is 1.63. The van der Waals surface area contributed by atoms with Gasteiger partial charge in [0.1, 0.15) is 11.9 Å². The van der Waals surface area contributed by atoms with E-state index in [1.807, 2.05) is 16.7 Å². The SMILES string of the molecule is C=CC(=O)N1CCC=C(c2c(C3CC3)nc(N3CCN(C(=O)CCOC)[C@H](C4CC4)C3)c(C#N)c2C)C1. The number of ether oxygens (including phenoxy) is 1. The van der Waals surface area contributed by atoms with Gasteiger partial charge >= 0.3 is 0 Å². The van der Waals surface area contributed by atoms with Crippen LogP contribution in [0.3, 0.4) is 0 Å². The summed E-state index contributed by atoms with van der Waals surface area (Å²) >= 11 is 0. The molecule has 0 aromatic carbocycles. The van der Waals surface area contributed by atoms with Gasteiger partial charge in [-0.3, -0.25) is 9.59 Å². The summed E-state index contributed by atoms with van der Waals surface area (Å²) < 4.78 is 5.14. The topological polar surface area (TPSA) is 89.8 Å². The Kier molecular flexibility index (Phi) is 7.34. The number of pyridine rings is 1. The fourth-order valence-corrected chi connectivity index (χ4v) is 5.90. The van der Waals surface area contributed by atoms with Gasteiger partial charge in [0, 0.05) is 51.3 Å². The standard InChI is InChI=1S/C29H37N5O3/c1-4-25(35)32-12-5-6-22(17-32)27-19(2)23(16-30)29(31-28(27)21-9-10-21)33-13-14-34(26(36)11-15-37-3)24(18-33)20-7-8-20/h4,6,20-21,24H,1,5,7-15,17-18H2,2-3H3/t24-/m0/s1. The number of amides is 2. The fraction of sp³-hybridized carbons (Fsp3) is 0.586. The molecule has 8 nitrogen and oxygen atoms in total. The highest BCUT2D eigenvalue weighted by atomic mass is 16.5. The van der Waals surface area contributed by atoms with E-state index in [0.717, 1.165) is 60.3 Å². The van der Waals surface area contributed by atoms with Crippen molar-refractivity contribution in [2.75, 3.05) is 51.3 Å². The minimum atomic E-state index is -0.0645. The molecule has 2 amide bonds. The quantitative estimate of drug-likeness (QED) is 0.505. The predicted molar refractivity (Wildman–Crippen MR) is 142 cm³/mol. The molecule has 1 aromatic heterocycles. The molecule has 0 bridgehead atoms. The van der Waals surface area contributed by atoms with Crippen molar-refractivity contribution in [3.63, 3.8) is 0 Å². The van der Waals surface area contributed by atoms with Crippen LogP contribution in [0.15, 0.2) is 18.7 Å². The van der Waals surface area contributed by atoms with Crippen LogP contribution in [0.5, 0.6) is 0 Å². The zero-order valence-corrected chi connectivity index (χ0v) is 22.0. The third-order valence-corrected chi connectivity index (χ3v) is 8.22. The number of hydrogen-bond donors (Lipinski definition) is 0. The van der Waals surface area contributed by atoms with Crippen molar-refractivity contribution in [3.05, 3.63) is 41.1 Å². The maximum absolute atomic E-state index is 12.9. The van der Waals surface area contributed by atoms with Gasteiger partial charge in [0.05, 0.1) is 30.3 Å². The average Bonchev–Trinajstić information content (AvgIpc) is 3.84. The number of carbonyl (C=O) groups is 2. The Hall–Kier alpha value is -3.18. The molecule has 4 aliphatic rings. The van der Waals surface area contributed by atoms with Crippen LogP contribution in [0.2, 0.25) is 0 Å². The lowest BCUT2D eigenvalue weighted by molar-refractivity contribution is -0.135. The summed E-state index contributed by atoms with van der Waals surface area (Å²) in [6, 6.07) is 2.62. The molecule has 3 heterocycles.